The van der Waals surface area contributed by atoms with E-state index in [4.69, 9.17) is 4.43 Å². The molecule has 0 rings (SSSR count). The van der Waals surface area contributed by atoms with Crippen molar-refractivity contribution in [2.24, 2.45) is 5.92 Å². The SMILES string of the molecule is CC(CCCCCI)CO[Si](C)(C)C(C)(C)C. The van der Waals surface area contributed by atoms with Gasteiger partial charge in [-0.05, 0) is 41.3 Å². The van der Waals surface area contributed by atoms with Gasteiger partial charge >= 0.3 is 0 Å². The van der Waals surface area contributed by atoms with Crippen LogP contribution in [-0.4, -0.2) is 19.4 Å². The summed E-state index contributed by atoms with van der Waals surface area (Å²) < 4.78 is 7.55. The van der Waals surface area contributed by atoms with Crippen LogP contribution in [0.2, 0.25) is 18.1 Å². The molecule has 0 radical (unpaired) electrons. The summed E-state index contributed by atoms with van der Waals surface area (Å²) in [4.78, 5) is 0. The van der Waals surface area contributed by atoms with Crippen molar-refractivity contribution in [3.8, 4) is 0 Å². The first-order chi connectivity index (χ1) is 7.70. The topological polar surface area (TPSA) is 9.23 Å². The number of hydrogen-bond acceptors (Lipinski definition) is 1. The highest BCUT2D eigenvalue weighted by Crippen LogP contribution is 2.36. The molecule has 3 heteroatoms. The van der Waals surface area contributed by atoms with Gasteiger partial charge in [0, 0.05) is 6.61 Å². The summed E-state index contributed by atoms with van der Waals surface area (Å²) in [6.45, 7) is 14.9. The molecule has 0 aromatic heterocycles. The Morgan fingerprint density at radius 2 is 1.71 bits per heavy atom. The third kappa shape index (κ3) is 7.83. The Hall–Kier alpha value is 0.907. The molecule has 0 aromatic carbocycles. The summed E-state index contributed by atoms with van der Waals surface area (Å²) in [5, 5.41) is 0.341. The zero-order chi connectivity index (χ0) is 13.5. The molecular weight excluding hydrogens is 339 g/mol. The number of alkyl halides is 1. The third-order valence-electron chi connectivity index (χ3n) is 3.87. The normalized spacial score (nSPS) is 15.0. The summed E-state index contributed by atoms with van der Waals surface area (Å²) in [6, 6.07) is 0. The van der Waals surface area contributed by atoms with Crippen LogP contribution in [0.15, 0.2) is 0 Å². The molecule has 0 N–H and O–H groups in total. The number of hydrogen-bond donors (Lipinski definition) is 0. The fourth-order valence-corrected chi connectivity index (χ4v) is 3.09. The second kappa shape index (κ2) is 8.15. The Morgan fingerprint density at radius 1 is 1.12 bits per heavy atom. The van der Waals surface area contributed by atoms with Crippen LogP contribution >= 0.6 is 22.6 Å². The Morgan fingerprint density at radius 3 is 2.18 bits per heavy atom. The maximum atomic E-state index is 6.25. The van der Waals surface area contributed by atoms with E-state index >= 15 is 0 Å². The lowest BCUT2D eigenvalue weighted by molar-refractivity contribution is 0.228. The van der Waals surface area contributed by atoms with E-state index < -0.39 is 8.32 Å². The summed E-state index contributed by atoms with van der Waals surface area (Å²) in [5.41, 5.74) is 0. The predicted molar refractivity (Wildman–Crippen MR) is 89.7 cm³/mol. The van der Waals surface area contributed by atoms with Gasteiger partial charge in [-0.1, -0.05) is 63.1 Å². The summed E-state index contributed by atoms with van der Waals surface area (Å²) in [5.74, 6) is 0.721. The van der Waals surface area contributed by atoms with Gasteiger partial charge in [0.2, 0.25) is 0 Å². The molecule has 0 heterocycles. The first-order valence-corrected chi connectivity index (χ1v) is 11.3. The van der Waals surface area contributed by atoms with Crippen LogP contribution in [0.25, 0.3) is 0 Å². The molecule has 0 saturated heterocycles. The highest BCUT2D eigenvalue weighted by molar-refractivity contribution is 14.1. The monoisotopic (exact) mass is 370 g/mol. The molecule has 0 fully saturated rings. The van der Waals surface area contributed by atoms with E-state index in [1.165, 1.54) is 30.1 Å². The molecule has 0 aromatic rings. The van der Waals surface area contributed by atoms with Crippen molar-refractivity contribution < 1.29 is 4.43 Å². The number of unbranched alkanes of at least 4 members (excludes halogenated alkanes) is 2. The second-order valence-electron chi connectivity index (χ2n) is 6.71. The zero-order valence-electron chi connectivity index (χ0n) is 12.6. The molecule has 0 amide bonds. The average Bonchev–Trinajstić information content (AvgIpc) is 2.20. The van der Waals surface area contributed by atoms with E-state index in [9.17, 15) is 0 Å². The molecule has 17 heavy (non-hydrogen) atoms. The summed E-state index contributed by atoms with van der Waals surface area (Å²) >= 11 is 2.46. The molecule has 0 bridgehead atoms. The highest BCUT2D eigenvalue weighted by Gasteiger charge is 2.37. The van der Waals surface area contributed by atoms with Gasteiger partial charge in [0.1, 0.15) is 0 Å². The van der Waals surface area contributed by atoms with Crippen LogP contribution in [0.3, 0.4) is 0 Å². The zero-order valence-corrected chi connectivity index (χ0v) is 15.8. The molecule has 0 aliphatic heterocycles. The van der Waals surface area contributed by atoms with Crippen molar-refractivity contribution in [3.63, 3.8) is 0 Å². The minimum Gasteiger partial charge on any atom is -0.417 e. The largest absolute Gasteiger partial charge is 0.417 e. The lowest BCUT2D eigenvalue weighted by Crippen LogP contribution is -2.41. The lowest BCUT2D eigenvalue weighted by Gasteiger charge is -2.37. The molecule has 0 spiro atoms. The van der Waals surface area contributed by atoms with Crippen molar-refractivity contribution in [1.82, 2.24) is 0 Å². The van der Waals surface area contributed by atoms with Gasteiger partial charge < -0.3 is 4.43 Å². The van der Waals surface area contributed by atoms with Gasteiger partial charge in [-0.3, -0.25) is 0 Å². The van der Waals surface area contributed by atoms with Crippen LogP contribution < -0.4 is 0 Å². The Labute approximate surface area is 123 Å². The number of halogens is 1. The van der Waals surface area contributed by atoms with Gasteiger partial charge in [-0.2, -0.15) is 0 Å². The van der Waals surface area contributed by atoms with E-state index in [1.807, 2.05) is 0 Å². The Bertz CT molecular complexity index is 199. The Balaban J connectivity index is 3.80. The van der Waals surface area contributed by atoms with Gasteiger partial charge in [0.15, 0.2) is 8.32 Å². The molecule has 0 saturated carbocycles. The third-order valence-corrected chi connectivity index (χ3v) is 9.13. The fraction of sp³-hybridized carbons (Fsp3) is 1.00. The van der Waals surface area contributed by atoms with Gasteiger partial charge in [0.05, 0.1) is 0 Å². The van der Waals surface area contributed by atoms with Crippen molar-refractivity contribution in [2.45, 2.75) is 71.5 Å². The van der Waals surface area contributed by atoms with Gasteiger partial charge in [-0.15, -0.1) is 0 Å². The van der Waals surface area contributed by atoms with Gasteiger partial charge in [-0.25, -0.2) is 0 Å². The van der Waals surface area contributed by atoms with Gasteiger partial charge in [0.25, 0.3) is 0 Å². The average molecular weight is 370 g/mol. The van der Waals surface area contributed by atoms with Crippen molar-refractivity contribution in [3.05, 3.63) is 0 Å². The quantitative estimate of drug-likeness (QED) is 0.233. The summed E-state index contributed by atoms with van der Waals surface area (Å²) in [7, 11) is -1.52. The van der Waals surface area contributed by atoms with E-state index in [-0.39, 0.29) is 0 Å². The molecular formula is C14H31IOSi. The molecule has 0 aliphatic carbocycles. The first-order valence-electron chi connectivity index (χ1n) is 6.90. The predicted octanol–water partition coefficient (Wildman–Crippen LogP) is 5.64. The molecule has 1 atom stereocenters. The van der Waals surface area contributed by atoms with Crippen LogP contribution in [0.4, 0.5) is 0 Å². The first kappa shape index (κ1) is 17.9. The molecule has 1 nitrogen and oxygen atoms in total. The lowest BCUT2D eigenvalue weighted by atomic mass is 10.0. The highest BCUT2D eigenvalue weighted by atomic mass is 127. The fourth-order valence-electron chi connectivity index (χ4n) is 1.41. The van der Waals surface area contributed by atoms with Crippen LogP contribution in [0.5, 0.6) is 0 Å². The van der Waals surface area contributed by atoms with E-state index in [2.05, 4.69) is 63.4 Å². The molecule has 1 unspecified atom stereocenters. The van der Waals surface area contributed by atoms with Crippen molar-refractivity contribution >= 4 is 30.9 Å². The summed E-state index contributed by atoms with van der Waals surface area (Å²) in [6.07, 6.45) is 5.44. The van der Waals surface area contributed by atoms with Crippen molar-refractivity contribution in [2.75, 3.05) is 11.0 Å². The standard InChI is InChI=1S/C14H31IOSi/c1-13(10-8-7-9-11-15)12-16-17(5,6)14(2,3)4/h13H,7-12H2,1-6H3. The van der Waals surface area contributed by atoms with E-state index in [0.717, 1.165) is 12.5 Å². The smallest absolute Gasteiger partial charge is 0.191 e. The van der Waals surface area contributed by atoms with Crippen LogP contribution in [0, 0.1) is 5.92 Å². The minimum absolute atomic E-state index is 0.341. The maximum absolute atomic E-state index is 6.25. The molecule has 104 valence electrons. The van der Waals surface area contributed by atoms with Crippen LogP contribution in [0.1, 0.15) is 53.4 Å². The van der Waals surface area contributed by atoms with E-state index in [0.29, 0.717) is 5.04 Å². The number of rotatable bonds is 8. The second-order valence-corrected chi connectivity index (χ2v) is 12.6. The minimum atomic E-state index is -1.52. The molecule has 0 aliphatic rings. The van der Waals surface area contributed by atoms with Crippen LogP contribution in [-0.2, 0) is 4.43 Å². The van der Waals surface area contributed by atoms with E-state index in [1.54, 1.807) is 0 Å². The van der Waals surface area contributed by atoms with Crippen molar-refractivity contribution in [1.29, 1.82) is 0 Å². The maximum Gasteiger partial charge on any atom is 0.191 e. The Kier molecular flexibility index (Phi) is 8.59.